The Morgan fingerprint density at radius 3 is 2.62 bits per heavy atom. The zero-order valence-corrected chi connectivity index (χ0v) is 14.0. The van der Waals surface area contributed by atoms with Crippen molar-refractivity contribution in [1.82, 2.24) is 0 Å². The van der Waals surface area contributed by atoms with Crippen molar-refractivity contribution in [1.29, 1.82) is 0 Å². The highest BCUT2D eigenvalue weighted by atomic mass is 32.1. The summed E-state index contributed by atoms with van der Waals surface area (Å²) in [6.45, 7) is 0.433. The molecule has 0 aliphatic carbocycles. The van der Waals surface area contributed by atoms with Gasteiger partial charge in [-0.1, -0.05) is 30.3 Å². The lowest BCUT2D eigenvalue weighted by atomic mass is 10.2. The van der Waals surface area contributed by atoms with Gasteiger partial charge in [0.2, 0.25) is 0 Å². The molecule has 1 heterocycles. The molecule has 0 radical (unpaired) electrons. The van der Waals surface area contributed by atoms with Gasteiger partial charge in [-0.2, -0.15) is 0 Å². The molecule has 0 fully saturated rings. The number of benzene rings is 2. The molecule has 3 rings (SSSR count). The Hall–Kier alpha value is -2.79. The highest BCUT2D eigenvalue weighted by molar-refractivity contribution is 7.12. The van der Waals surface area contributed by atoms with Crippen LogP contribution in [0.2, 0.25) is 0 Å². The Labute approximate surface area is 144 Å². The van der Waals surface area contributed by atoms with Crippen LogP contribution in [0, 0.1) is 0 Å². The summed E-state index contributed by atoms with van der Waals surface area (Å²) in [6, 6.07) is 18.8. The van der Waals surface area contributed by atoms with E-state index in [4.69, 9.17) is 9.47 Å². The van der Waals surface area contributed by atoms with E-state index in [9.17, 15) is 4.79 Å². The van der Waals surface area contributed by atoms with Crippen LogP contribution in [0.15, 0.2) is 66.0 Å². The molecule has 1 N–H and O–H groups in total. The molecule has 0 bridgehead atoms. The van der Waals surface area contributed by atoms with Crippen molar-refractivity contribution in [2.45, 2.75) is 6.61 Å². The Balaban J connectivity index is 1.63. The fraction of sp³-hybridized carbons (Fsp3) is 0.105. The number of ether oxygens (including phenoxy) is 2. The molecule has 0 aliphatic heterocycles. The Morgan fingerprint density at radius 2 is 1.83 bits per heavy atom. The number of nitrogens with one attached hydrogen (secondary N) is 1. The molecule has 3 aromatic rings. The molecule has 2 aromatic carbocycles. The van der Waals surface area contributed by atoms with Crippen LogP contribution in [0.5, 0.6) is 11.5 Å². The second kappa shape index (κ2) is 7.66. The minimum atomic E-state index is -0.157. The molecular formula is C19H17NO3S. The maximum absolute atomic E-state index is 12.4. The van der Waals surface area contributed by atoms with Gasteiger partial charge < -0.3 is 14.8 Å². The SMILES string of the molecule is COc1ccccc1NC(=O)c1cc(COc2ccccc2)cs1. The molecular weight excluding hydrogens is 322 g/mol. The van der Waals surface area contributed by atoms with Crippen molar-refractivity contribution < 1.29 is 14.3 Å². The third kappa shape index (κ3) is 3.94. The van der Waals surface area contributed by atoms with E-state index in [2.05, 4.69) is 5.32 Å². The highest BCUT2D eigenvalue weighted by Crippen LogP contribution is 2.25. The largest absolute Gasteiger partial charge is 0.495 e. The van der Waals surface area contributed by atoms with Gasteiger partial charge in [-0.05, 0) is 35.7 Å². The fourth-order valence-electron chi connectivity index (χ4n) is 2.19. The van der Waals surface area contributed by atoms with Gasteiger partial charge in [0.05, 0.1) is 17.7 Å². The van der Waals surface area contributed by atoms with Crippen LogP contribution in [-0.2, 0) is 6.61 Å². The van der Waals surface area contributed by atoms with Crippen LogP contribution in [0.4, 0.5) is 5.69 Å². The standard InChI is InChI=1S/C19H17NO3S/c1-22-17-10-6-5-9-16(17)20-19(21)18-11-14(13-24-18)12-23-15-7-3-2-4-8-15/h2-11,13H,12H2,1H3,(H,20,21). The zero-order chi connectivity index (χ0) is 16.8. The van der Waals surface area contributed by atoms with Crippen LogP contribution < -0.4 is 14.8 Å². The lowest BCUT2D eigenvalue weighted by molar-refractivity contribution is 0.103. The number of hydrogen-bond acceptors (Lipinski definition) is 4. The van der Waals surface area contributed by atoms with Gasteiger partial charge >= 0.3 is 0 Å². The van der Waals surface area contributed by atoms with Crippen molar-refractivity contribution in [3.63, 3.8) is 0 Å². The number of anilines is 1. The van der Waals surface area contributed by atoms with Crippen LogP contribution >= 0.6 is 11.3 Å². The average Bonchev–Trinajstić information content (AvgIpc) is 3.10. The summed E-state index contributed by atoms with van der Waals surface area (Å²) in [4.78, 5) is 13.0. The van der Waals surface area contributed by atoms with Gasteiger partial charge in [0, 0.05) is 5.56 Å². The molecule has 0 atom stereocenters. The maximum Gasteiger partial charge on any atom is 0.265 e. The predicted molar refractivity (Wildman–Crippen MR) is 96.0 cm³/mol. The molecule has 122 valence electrons. The summed E-state index contributed by atoms with van der Waals surface area (Å²) in [6.07, 6.45) is 0. The molecule has 0 spiro atoms. The molecule has 0 saturated carbocycles. The topological polar surface area (TPSA) is 47.6 Å². The second-order valence-electron chi connectivity index (χ2n) is 5.08. The minimum Gasteiger partial charge on any atom is -0.495 e. The van der Waals surface area contributed by atoms with E-state index in [-0.39, 0.29) is 5.91 Å². The fourth-order valence-corrected chi connectivity index (χ4v) is 2.98. The number of thiophene rings is 1. The molecule has 5 heteroatoms. The summed E-state index contributed by atoms with van der Waals surface area (Å²) in [7, 11) is 1.58. The normalized spacial score (nSPS) is 10.2. The van der Waals surface area contributed by atoms with E-state index in [1.807, 2.05) is 66.0 Å². The van der Waals surface area contributed by atoms with E-state index in [1.165, 1.54) is 11.3 Å². The first kappa shape index (κ1) is 16.1. The van der Waals surface area contributed by atoms with Crippen molar-refractivity contribution in [2.24, 2.45) is 0 Å². The van der Waals surface area contributed by atoms with Crippen LogP contribution in [0.1, 0.15) is 15.2 Å². The highest BCUT2D eigenvalue weighted by Gasteiger charge is 2.12. The van der Waals surface area contributed by atoms with E-state index >= 15 is 0 Å². The second-order valence-corrected chi connectivity index (χ2v) is 5.99. The number of carbonyl (C=O) groups excluding carboxylic acids is 1. The first-order chi connectivity index (χ1) is 11.8. The molecule has 1 aromatic heterocycles. The quantitative estimate of drug-likeness (QED) is 0.714. The minimum absolute atomic E-state index is 0.157. The first-order valence-electron chi connectivity index (χ1n) is 7.46. The Morgan fingerprint density at radius 1 is 1.08 bits per heavy atom. The Kier molecular flexibility index (Phi) is 5.13. The van der Waals surface area contributed by atoms with Crippen molar-refractivity contribution in [2.75, 3.05) is 12.4 Å². The van der Waals surface area contributed by atoms with Gasteiger partial charge in [-0.3, -0.25) is 4.79 Å². The molecule has 0 aliphatic rings. The van der Waals surface area contributed by atoms with E-state index < -0.39 is 0 Å². The van der Waals surface area contributed by atoms with Crippen molar-refractivity contribution in [3.8, 4) is 11.5 Å². The zero-order valence-electron chi connectivity index (χ0n) is 13.2. The molecule has 0 unspecified atom stereocenters. The lowest BCUT2D eigenvalue weighted by Crippen LogP contribution is -2.11. The molecule has 4 nitrogen and oxygen atoms in total. The summed E-state index contributed by atoms with van der Waals surface area (Å²) < 4.78 is 10.9. The summed E-state index contributed by atoms with van der Waals surface area (Å²) >= 11 is 1.39. The van der Waals surface area contributed by atoms with Crippen molar-refractivity contribution >= 4 is 22.9 Å². The number of methoxy groups -OCH3 is 1. The van der Waals surface area contributed by atoms with E-state index in [0.29, 0.717) is 22.9 Å². The third-order valence-corrected chi connectivity index (χ3v) is 4.36. The lowest BCUT2D eigenvalue weighted by Gasteiger charge is -2.08. The van der Waals surface area contributed by atoms with Crippen LogP contribution in [0.25, 0.3) is 0 Å². The van der Waals surface area contributed by atoms with Crippen LogP contribution in [-0.4, -0.2) is 13.0 Å². The summed E-state index contributed by atoms with van der Waals surface area (Å²) in [5.41, 5.74) is 1.62. The van der Waals surface area contributed by atoms with Gasteiger partial charge in [-0.15, -0.1) is 11.3 Å². The molecule has 0 saturated heterocycles. The number of amides is 1. The first-order valence-corrected chi connectivity index (χ1v) is 8.34. The van der Waals surface area contributed by atoms with Gasteiger partial charge in [0.1, 0.15) is 18.1 Å². The third-order valence-electron chi connectivity index (χ3n) is 3.38. The van der Waals surface area contributed by atoms with Gasteiger partial charge in [-0.25, -0.2) is 0 Å². The van der Waals surface area contributed by atoms with Gasteiger partial charge in [0.25, 0.3) is 5.91 Å². The molecule has 1 amide bonds. The average molecular weight is 339 g/mol. The number of carbonyl (C=O) groups is 1. The van der Waals surface area contributed by atoms with Crippen LogP contribution in [0.3, 0.4) is 0 Å². The number of para-hydroxylation sites is 3. The maximum atomic E-state index is 12.4. The molecule has 24 heavy (non-hydrogen) atoms. The summed E-state index contributed by atoms with van der Waals surface area (Å²) in [5, 5.41) is 4.80. The number of hydrogen-bond donors (Lipinski definition) is 1. The van der Waals surface area contributed by atoms with Crippen molar-refractivity contribution in [3.05, 3.63) is 76.5 Å². The van der Waals surface area contributed by atoms with Gasteiger partial charge in [0.15, 0.2) is 0 Å². The Bertz CT molecular complexity index is 814. The smallest absolute Gasteiger partial charge is 0.265 e. The summed E-state index contributed by atoms with van der Waals surface area (Å²) in [5.74, 6) is 1.29. The monoisotopic (exact) mass is 339 g/mol. The predicted octanol–water partition coefficient (Wildman–Crippen LogP) is 4.59. The number of rotatable bonds is 6. The van der Waals surface area contributed by atoms with E-state index in [0.717, 1.165) is 11.3 Å². The van der Waals surface area contributed by atoms with E-state index in [1.54, 1.807) is 7.11 Å².